The lowest BCUT2D eigenvalue weighted by molar-refractivity contribution is 0.0771. The van der Waals surface area contributed by atoms with Crippen LogP contribution in [0.2, 0.25) is 0 Å². The number of halogens is 1. The van der Waals surface area contributed by atoms with Crippen LogP contribution in [0.3, 0.4) is 0 Å². The summed E-state index contributed by atoms with van der Waals surface area (Å²) in [6, 6.07) is 10.1. The van der Waals surface area contributed by atoms with Gasteiger partial charge in [-0.3, -0.25) is 4.79 Å². The van der Waals surface area contributed by atoms with Crippen LogP contribution < -0.4 is 0 Å². The molecule has 4 rings (SSSR count). The minimum atomic E-state index is -0.374. The molecular weight excluding hydrogens is 321 g/mol. The van der Waals surface area contributed by atoms with Crippen LogP contribution in [0, 0.1) is 12.7 Å². The second-order valence-corrected chi connectivity index (χ2v) is 6.11. The summed E-state index contributed by atoms with van der Waals surface area (Å²) in [5.41, 5.74) is 3.99. The van der Waals surface area contributed by atoms with E-state index in [0.717, 1.165) is 16.6 Å². The van der Waals surface area contributed by atoms with Crippen molar-refractivity contribution in [1.29, 1.82) is 0 Å². The molecule has 0 radical (unpaired) electrons. The highest BCUT2D eigenvalue weighted by Gasteiger charge is 2.18. The molecular formula is C18H16FN5O. The summed E-state index contributed by atoms with van der Waals surface area (Å²) >= 11 is 0. The molecule has 0 saturated carbocycles. The summed E-state index contributed by atoms with van der Waals surface area (Å²) in [6.45, 7) is 2.33. The minimum absolute atomic E-state index is 0.176. The fraction of sp³-hybridized carbons (Fsp3) is 0.167. The van der Waals surface area contributed by atoms with Crippen molar-refractivity contribution in [2.24, 2.45) is 0 Å². The van der Waals surface area contributed by atoms with Gasteiger partial charge in [0.2, 0.25) is 0 Å². The maximum absolute atomic E-state index is 13.3. The van der Waals surface area contributed by atoms with Gasteiger partial charge in [-0.05, 0) is 42.8 Å². The standard InChI is InChI=1S/C18H16FN5O/c1-10-3-5-12-14(7-10)21-16(20-12)9-24(2)18(25)17-22-13-6-4-11(19)8-15(13)23-17/h3-8H,9H2,1-2H3,(H,20,21)(H,22,23). The van der Waals surface area contributed by atoms with Gasteiger partial charge in [0.25, 0.3) is 5.91 Å². The van der Waals surface area contributed by atoms with Crippen LogP contribution in [0.5, 0.6) is 0 Å². The van der Waals surface area contributed by atoms with Crippen molar-refractivity contribution in [2.45, 2.75) is 13.5 Å². The average Bonchev–Trinajstić information content (AvgIpc) is 3.16. The largest absolute Gasteiger partial charge is 0.340 e. The number of nitrogens with one attached hydrogen (secondary N) is 2. The van der Waals surface area contributed by atoms with Gasteiger partial charge in [-0.1, -0.05) is 6.07 Å². The normalized spacial score (nSPS) is 11.3. The Morgan fingerprint density at radius 1 is 1.08 bits per heavy atom. The van der Waals surface area contributed by atoms with Gasteiger partial charge in [0, 0.05) is 7.05 Å². The molecule has 7 heteroatoms. The molecule has 0 fully saturated rings. The molecule has 0 atom stereocenters. The number of hydrogen-bond donors (Lipinski definition) is 2. The second-order valence-electron chi connectivity index (χ2n) is 6.11. The SMILES string of the molecule is Cc1ccc2nc(CN(C)C(=O)c3nc4ccc(F)cc4[nH]3)[nH]c2c1. The molecule has 2 N–H and O–H groups in total. The van der Waals surface area contributed by atoms with Crippen molar-refractivity contribution in [3.63, 3.8) is 0 Å². The van der Waals surface area contributed by atoms with Gasteiger partial charge in [0.15, 0.2) is 5.82 Å². The van der Waals surface area contributed by atoms with Crippen LogP contribution in [0.4, 0.5) is 4.39 Å². The number of amides is 1. The smallest absolute Gasteiger partial charge is 0.289 e. The first-order chi connectivity index (χ1) is 12.0. The molecule has 0 aliphatic carbocycles. The zero-order chi connectivity index (χ0) is 17.6. The van der Waals surface area contributed by atoms with Gasteiger partial charge in [-0.15, -0.1) is 0 Å². The number of aromatic amines is 2. The molecule has 0 bridgehead atoms. The van der Waals surface area contributed by atoms with Crippen LogP contribution in [0.15, 0.2) is 36.4 Å². The molecule has 25 heavy (non-hydrogen) atoms. The summed E-state index contributed by atoms with van der Waals surface area (Å²) in [7, 11) is 1.68. The summed E-state index contributed by atoms with van der Waals surface area (Å²) < 4.78 is 13.3. The van der Waals surface area contributed by atoms with Crippen molar-refractivity contribution < 1.29 is 9.18 Å². The molecule has 2 heterocycles. The van der Waals surface area contributed by atoms with Gasteiger partial charge in [0.05, 0.1) is 28.6 Å². The Morgan fingerprint density at radius 3 is 2.64 bits per heavy atom. The van der Waals surface area contributed by atoms with E-state index >= 15 is 0 Å². The maximum Gasteiger partial charge on any atom is 0.289 e. The zero-order valence-corrected chi connectivity index (χ0v) is 13.8. The minimum Gasteiger partial charge on any atom is -0.340 e. The molecule has 126 valence electrons. The van der Waals surface area contributed by atoms with Crippen LogP contribution >= 0.6 is 0 Å². The van der Waals surface area contributed by atoms with Crippen LogP contribution in [-0.2, 0) is 6.54 Å². The highest BCUT2D eigenvalue weighted by Crippen LogP contribution is 2.16. The highest BCUT2D eigenvalue weighted by atomic mass is 19.1. The molecule has 4 aromatic rings. The predicted molar refractivity (Wildman–Crippen MR) is 92.7 cm³/mol. The number of nitrogens with zero attached hydrogens (tertiary/aromatic N) is 3. The molecule has 6 nitrogen and oxygen atoms in total. The van der Waals surface area contributed by atoms with Gasteiger partial charge < -0.3 is 14.9 Å². The topological polar surface area (TPSA) is 77.7 Å². The summed E-state index contributed by atoms with van der Waals surface area (Å²) in [5.74, 6) is 0.211. The van der Waals surface area contributed by atoms with E-state index in [1.807, 2.05) is 25.1 Å². The Hall–Kier alpha value is -3.22. The Kier molecular flexibility index (Phi) is 3.49. The first kappa shape index (κ1) is 15.3. The van der Waals surface area contributed by atoms with Crippen molar-refractivity contribution in [1.82, 2.24) is 24.8 Å². The molecule has 0 spiro atoms. The summed E-state index contributed by atoms with van der Waals surface area (Å²) in [4.78, 5) is 28.9. The number of benzene rings is 2. The van der Waals surface area contributed by atoms with E-state index in [2.05, 4.69) is 19.9 Å². The fourth-order valence-electron chi connectivity index (χ4n) is 2.81. The fourth-order valence-corrected chi connectivity index (χ4v) is 2.81. The Balaban J connectivity index is 1.57. The molecule has 0 aliphatic rings. The van der Waals surface area contributed by atoms with Crippen molar-refractivity contribution in [2.75, 3.05) is 7.05 Å². The van der Waals surface area contributed by atoms with Gasteiger partial charge in [-0.25, -0.2) is 14.4 Å². The van der Waals surface area contributed by atoms with E-state index in [-0.39, 0.29) is 17.5 Å². The monoisotopic (exact) mass is 337 g/mol. The number of aryl methyl sites for hydroxylation is 1. The average molecular weight is 337 g/mol. The number of carbonyl (C=O) groups excluding carboxylic acids is 1. The second kappa shape index (κ2) is 5.70. The molecule has 0 aliphatic heterocycles. The number of hydrogen-bond acceptors (Lipinski definition) is 3. The molecule has 2 aromatic heterocycles. The lowest BCUT2D eigenvalue weighted by atomic mass is 10.2. The Labute approximate surface area is 142 Å². The van der Waals surface area contributed by atoms with Crippen LogP contribution in [0.25, 0.3) is 22.1 Å². The third-order valence-electron chi connectivity index (χ3n) is 4.07. The highest BCUT2D eigenvalue weighted by molar-refractivity contribution is 5.94. The van der Waals surface area contributed by atoms with Gasteiger partial charge in [-0.2, -0.15) is 0 Å². The Morgan fingerprint density at radius 2 is 1.80 bits per heavy atom. The van der Waals surface area contributed by atoms with E-state index in [1.54, 1.807) is 13.1 Å². The van der Waals surface area contributed by atoms with E-state index < -0.39 is 0 Å². The number of carbonyl (C=O) groups is 1. The summed E-state index contributed by atoms with van der Waals surface area (Å²) in [5, 5.41) is 0. The third kappa shape index (κ3) is 2.84. The quantitative estimate of drug-likeness (QED) is 0.603. The van der Waals surface area contributed by atoms with Gasteiger partial charge in [0.1, 0.15) is 11.6 Å². The van der Waals surface area contributed by atoms with Crippen molar-refractivity contribution in [3.05, 3.63) is 59.4 Å². The predicted octanol–water partition coefficient (Wildman–Crippen LogP) is 3.16. The summed E-state index contributed by atoms with van der Waals surface area (Å²) in [6.07, 6.45) is 0. The Bertz CT molecular complexity index is 1100. The van der Waals surface area contributed by atoms with Crippen LogP contribution in [-0.4, -0.2) is 37.8 Å². The molecule has 1 amide bonds. The lowest BCUT2D eigenvalue weighted by Gasteiger charge is -2.13. The molecule has 2 aromatic carbocycles. The lowest BCUT2D eigenvalue weighted by Crippen LogP contribution is -2.27. The van der Waals surface area contributed by atoms with Crippen LogP contribution in [0.1, 0.15) is 22.0 Å². The van der Waals surface area contributed by atoms with Crippen molar-refractivity contribution in [3.8, 4) is 0 Å². The van der Waals surface area contributed by atoms with Gasteiger partial charge >= 0.3 is 0 Å². The van der Waals surface area contributed by atoms with Crippen molar-refractivity contribution >= 4 is 28.0 Å². The number of imidazole rings is 2. The zero-order valence-electron chi connectivity index (χ0n) is 13.8. The first-order valence-corrected chi connectivity index (χ1v) is 7.85. The molecule has 0 unspecified atom stereocenters. The van der Waals surface area contributed by atoms with E-state index in [1.165, 1.54) is 17.0 Å². The number of H-pyrrole nitrogens is 2. The maximum atomic E-state index is 13.3. The van der Waals surface area contributed by atoms with E-state index in [4.69, 9.17) is 0 Å². The molecule has 0 saturated heterocycles. The number of aromatic nitrogens is 4. The van der Waals surface area contributed by atoms with E-state index in [9.17, 15) is 9.18 Å². The third-order valence-corrected chi connectivity index (χ3v) is 4.07. The first-order valence-electron chi connectivity index (χ1n) is 7.85. The number of rotatable bonds is 3. The van der Waals surface area contributed by atoms with E-state index in [0.29, 0.717) is 23.4 Å². The number of fused-ring (bicyclic) bond motifs is 2.